The van der Waals surface area contributed by atoms with Gasteiger partial charge in [0, 0.05) is 50.8 Å². The van der Waals surface area contributed by atoms with Crippen molar-refractivity contribution in [2.45, 2.75) is 65.1 Å². The maximum Gasteiger partial charge on any atom is 0.274 e. The maximum absolute atomic E-state index is 15.4. The number of halogens is 1. The Hall–Kier alpha value is -2.35. The Balaban J connectivity index is 1.96. The predicted octanol–water partition coefficient (Wildman–Crippen LogP) is 3.64. The van der Waals surface area contributed by atoms with Crippen LogP contribution in [-0.2, 0) is 16.7 Å². The van der Waals surface area contributed by atoms with Gasteiger partial charge in [0.2, 0.25) is 0 Å². The molecule has 164 valence electrons. The number of nitrogens with zero attached hydrogens (tertiary/aromatic N) is 5. The van der Waals surface area contributed by atoms with E-state index in [4.69, 9.17) is 9.72 Å². The second-order valence-electron chi connectivity index (χ2n) is 8.86. The van der Waals surface area contributed by atoms with Crippen LogP contribution in [0.1, 0.15) is 63.8 Å². The minimum absolute atomic E-state index is 0.158. The number of hydrogen-bond acceptors (Lipinski definition) is 5. The van der Waals surface area contributed by atoms with Crippen LogP contribution in [0, 0.1) is 0 Å². The minimum atomic E-state index is -1.32. The minimum Gasteiger partial charge on any atom is -0.381 e. The second-order valence-corrected chi connectivity index (χ2v) is 8.86. The smallest absolute Gasteiger partial charge is 0.274 e. The highest BCUT2D eigenvalue weighted by Gasteiger charge is 2.35. The highest BCUT2D eigenvalue weighted by atomic mass is 19.1. The molecule has 0 saturated carbocycles. The first kappa shape index (κ1) is 22.3. The lowest BCUT2D eigenvalue weighted by Crippen LogP contribution is -2.37. The molecule has 0 N–H and O–H groups in total. The van der Waals surface area contributed by atoms with Crippen LogP contribution in [0.15, 0.2) is 18.6 Å². The van der Waals surface area contributed by atoms with E-state index in [1.165, 1.54) is 6.20 Å². The first-order valence-corrected chi connectivity index (χ1v) is 10.6. The zero-order chi connectivity index (χ0) is 21.9. The number of amides is 1. The summed E-state index contributed by atoms with van der Waals surface area (Å²) in [6.07, 6.45) is 5.64. The molecule has 0 atom stereocenters. The van der Waals surface area contributed by atoms with Crippen molar-refractivity contribution >= 4 is 5.91 Å². The number of imidazole rings is 1. The van der Waals surface area contributed by atoms with Gasteiger partial charge in [-0.3, -0.25) is 9.78 Å². The van der Waals surface area contributed by atoms with Crippen molar-refractivity contribution in [1.82, 2.24) is 24.4 Å². The summed E-state index contributed by atoms with van der Waals surface area (Å²) in [7, 11) is 0. The lowest BCUT2D eigenvalue weighted by molar-refractivity contribution is -0.0184. The highest BCUT2D eigenvalue weighted by Crippen LogP contribution is 2.32. The molecule has 0 unspecified atom stereocenters. The van der Waals surface area contributed by atoms with Crippen LogP contribution in [0.25, 0.3) is 11.4 Å². The Bertz CT molecular complexity index is 880. The van der Waals surface area contributed by atoms with E-state index in [9.17, 15) is 4.79 Å². The number of ether oxygens (including phenoxy) is 1. The SMILES string of the molecule is CCN(CC)C(=O)c1cncc(-c2cn(CC3(F)CCOCC3)c(C(C)(C)C)n2)n1. The molecule has 3 heterocycles. The largest absolute Gasteiger partial charge is 0.381 e. The summed E-state index contributed by atoms with van der Waals surface area (Å²) in [5, 5.41) is 0. The van der Waals surface area contributed by atoms with Crippen LogP contribution in [0.3, 0.4) is 0 Å². The van der Waals surface area contributed by atoms with Crippen molar-refractivity contribution in [3.8, 4) is 11.4 Å². The molecule has 7 nitrogen and oxygen atoms in total. The van der Waals surface area contributed by atoms with E-state index in [1.54, 1.807) is 11.1 Å². The van der Waals surface area contributed by atoms with Crippen molar-refractivity contribution in [1.29, 1.82) is 0 Å². The topological polar surface area (TPSA) is 73.1 Å². The number of hydrogen-bond donors (Lipinski definition) is 0. The summed E-state index contributed by atoms with van der Waals surface area (Å²) >= 11 is 0. The van der Waals surface area contributed by atoms with Gasteiger partial charge in [0.05, 0.1) is 18.9 Å². The van der Waals surface area contributed by atoms with Crippen molar-refractivity contribution in [2.24, 2.45) is 0 Å². The van der Waals surface area contributed by atoms with Gasteiger partial charge < -0.3 is 14.2 Å². The Labute approximate surface area is 177 Å². The third-order valence-corrected chi connectivity index (χ3v) is 5.46. The zero-order valence-corrected chi connectivity index (χ0v) is 18.6. The van der Waals surface area contributed by atoms with Gasteiger partial charge in [-0.1, -0.05) is 20.8 Å². The summed E-state index contributed by atoms with van der Waals surface area (Å²) in [5.74, 6) is 0.623. The Morgan fingerprint density at radius 3 is 2.43 bits per heavy atom. The van der Waals surface area contributed by atoms with Gasteiger partial charge >= 0.3 is 0 Å². The fourth-order valence-electron chi connectivity index (χ4n) is 3.72. The van der Waals surface area contributed by atoms with Crippen molar-refractivity contribution < 1.29 is 13.9 Å². The fourth-order valence-corrected chi connectivity index (χ4v) is 3.72. The zero-order valence-electron chi connectivity index (χ0n) is 18.6. The average Bonchev–Trinajstić information content (AvgIpc) is 3.13. The Morgan fingerprint density at radius 1 is 1.17 bits per heavy atom. The summed E-state index contributed by atoms with van der Waals surface area (Å²) in [6, 6.07) is 0. The number of rotatable bonds is 6. The molecule has 30 heavy (non-hydrogen) atoms. The highest BCUT2D eigenvalue weighted by molar-refractivity contribution is 5.92. The number of carbonyl (C=O) groups excluding carboxylic acids is 1. The molecule has 0 aromatic carbocycles. The standard InChI is InChI=1S/C22H32FN5O2/c1-6-27(7-2)19(29)17-13-24-12-16(25-17)18-14-28(20(26-18)21(3,4)5)15-22(23)8-10-30-11-9-22/h12-14H,6-11,15H2,1-5H3. The van der Waals surface area contributed by atoms with Crippen LogP contribution in [0.2, 0.25) is 0 Å². The number of carbonyl (C=O) groups is 1. The number of alkyl halides is 1. The molecule has 1 amide bonds. The maximum atomic E-state index is 15.4. The van der Waals surface area contributed by atoms with Gasteiger partial charge in [0.25, 0.3) is 5.91 Å². The Morgan fingerprint density at radius 2 is 1.83 bits per heavy atom. The summed E-state index contributed by atoms with van der Waals surface area (Å²) in [4.78, 5) is 27.9. The second kappa shape index (κ2) is 8.79. The fraction of sp³-hybridized carbons (Fsp3) is 0.636. The molecule has 0 bridgehead atoms. The van der Waals surface area contributed by atoms with Crippen LogP contribution in [0.5, 0.6) is 0 Å². The van der Waals surface area contributed by atoms with Crippen molar-refractivity contribution in [3.05, 3.63) is 30.1 Å². The van der Waals surface area contributed by atoms with Crippen LogP contribution < -0.4 is 0 Å². The predicted molar refractivity (Wildman–Crippen MR) is 113 cm³/mol. The average molecular weight is 418 g/mol. The van der Waals surface area contributed by atoms with Crippen LogP contribution in [-0.4, -0.2) is 62.3 Å². The first-order valence-electron chi connectivity index (χ1n) is 10.6. The number of aromatic nitrogens is 4. The van der Waals surface area contributed by atoms with Gasteiger partial charge in [0.1, 0.15) is 28.6 Å². The third-order valence-electron chi connectivity index (χ3n) is 5.46. The summed E-state index contributed by atoms with van der Waals surface area (Å²) < 4.78 is 22.6. The summed E-state index contributed by atoms with van der Waals surface area (Å²) in [6.45, 7) is 12.3. The van der Waals surface area contributed by atoms with Crippen molar-refractivity contribution in [3.63, 3.8) is 0 Å². The molecular weight excluding hydrogens is 385 g/mol. The quantitative estimate of drug-likeness (QED) is 0.718. The molecule has 1 aliphatic rings. The normalized spacial score (nSPS) is 16.5. The van der Waals surface area contributed by atoms with E-state index >= 15 is 4.39 Å². The molecule has 0 spiro atoms. The molecular formula is C22H32FN5O2. The monoisotopic (exact) mass is 417 g/mol. The van der Waals surface area contributed by atoms with E-state index in [0.717, 1.165) is 5.82 Å². The molecule has 1 saturated heterocycles. The van der Waals surface area contributed by atoms with Gasteiger partial charge in [0.15, 0.2) is 0 Å². The van der Waals surface area contributed by atoms with Crippen LogP contribution >= 0.6 is 0 Å². The lowest BCUT2D eigenvalue weighted by Gasteiger charge is -2.31. The van der Waals surface area contributed by atoms with E-state index in [0.29, 0.717) is 50.5 Å². The molecule has 0 aliphatic carbocycles. The van der Waals surface area contributed by atoms with E-state index < -0.39 is 5.67 Å². The van der Waals surface area contributed by atoms with E-state index in [1.807, 2.05) is 24.6 Å². The van der Waals surface area contributed by atoms with Gasteiger partial charge in [-0.25, -0.2) is 14.4 Å². The molecule has 2 aromatic rings. The summed E-state index contributed by atoms with van der Waals surface area (Å²) in [5.41, 5.74) is -0.200. The third kappa shape index (κ3) is 4.86. The van der Waals surface area contributed by atoms with Gasteiger partial charge in [-0.2, -0.15) is 0 Å². The van der Waals surface area contributed by atoms with Crippen molar-refractivity contribution in [2.75, 3.05) is 26.3 Å². The molecule has 3 rings (SSSR count). The van der Waals surface area contributed by atoms with Gasteiger partial charge in [-0.15, -0.1) is 0 Å². The Kier molecular flexibility index (Phi) is 6.55. The first-order chi connectivity index (χ1) is 14.2. The molecule has 2 aromatic heterocycles. The van der Waals surface area contributed by atoms with Gasteiger partial charge in [-0.05, 0) is 13.8 Å². The molecule has 0 radical (unpaired) electrons. The molecule has 8 heteroatoms. The lowest BCUT2D eigenvalue weighted by atomic mass is 9.93. The molecule has 1 fully saturated rings. The van der Waals surface area contributed by atoms with Crippen LogP contribution in [0.4, 0.5) is 4.39 Å². The van der Waals surface area contributed by atoms with E-state index in [2.05, 4.69) is 30.7 Å². The van der Waals surface area contributed by atoms with E-state index in [-0.39, 0.29) is 23.6 Å². The molecule has 1 aliphatic heterocycles.